The maximum Gasteiger partial charge on any atom is 0.341 e. The molecule has 2 aromatic carbocycles. The molecular weight excluding hydrogens is 434 g/mol. The van der Waals surface area contributed by atoms with Crippen molar-refractivity contribution in [3.63, 3.8) is 0 Å². The Morgan fingerprint density at radius 2 is 1.50 bits per heavy atom. The van der Waals surface area contributed by atoms with Gasteiger partial charge in [0.25, 0.3) is 11.7 Å². The van der Waals surface area contributed by atoms with Gasteiger partial charge in [-0.15, -0.1) is 0 Å². The highest BCUT2D eigenvalue weighted by atomic mass is 32.2. The van der Waals surface area contributed by atoms with Gasteiger partial charge in [0.1, 0.15) is 5.03 Å². The van der Waals surface area contributed by atoms with Crippen LogP contribution in [0.25, 0.3) is 0 Å². The fourth-order valence-corrected chi connectivity index (χ4v) is 3.64. The first-order valence-electron chi connectivity index (χ1n) is 9.91. The first kappa shape index (κ1) is 23.4. The van der Waals surface area contributed by atoms with Crippen molar-refractivity contribution in [3.05, 3.63) is 95.7 Å². The number of amides is 1. The highest BCUT2D eigenvalue weighted by Crippen LogP contribution is 2.27. The molecule has 0 saturated carbocycles. The molecular formula is C24H22F2N2O3S. The van der Waals surface area contributed by atoms with Crippen LogP contribution < -0.4 is 0 Å². The van der Waals surface area contributed by atoms with Crippen LogP contribution in [0.2, 0.25) is 0 Å². The molecule has 0 fully saturated rings. The van der Waals surface area contributed by atoms with Crippen LogP contribution in [0.4, 0.5) is 8.78 Å². The Hall–Kier alpha value is -3.26. The number of nitrogens with zero attached hydrogens (tertiary/aromatic N) is 2. The third kappa shape index (κ3) is 6.62. The van der Waals surface area contributed by atoms with Crippen molar-refractivity contribution in [2.24, 2.45) is 0 Å². The molecule has 0 radical (unpaired) electrons. The lowest BCUT2D eigenvalue weighted by Crippen LogP contribution is -2.39. The van der Waals surface area contributed by atoms with Gasteiger partial charge < -0.3 is 9.64 Å². The fourth-order valence-electron chi connectivity index (χ4n) is 3.08. The molecule has 0 spiro atoms. The van der Waals surface area contributed by atoms with Gasteiger partial charge in [0.2, 0.25) is 0 Å². The third-order valence-corrected chi connectivity index (χ3v) is 5.29. The molecule has 1 heterocycles. The van der Waals surface area contributed by atoms with Crippen LogP contribution in [0.1, 0.15) is 28.4 Å². The van der Waals surface area contributed by atoms with Crippen LogP contribution in [0.15, 0.2) is 84.0 Å². The topological polar surface area (TPSA) is 59.5 Å². The minimum atomic E-state index is -2.73. The zero-order chi connectivity index (χ0) is 22.9. The standard InChI is InChI=1S/C24H22F2N2O3S/c1-17(31-23(30)20-13-8-14-27-21(20)32-24(25)26)22(29)28(15-18-9-4-2-5-10-18)16-19-11-6-3-7-12-19/h2-14,17,24H,15-16H2,1H3/t17-/m0/s1. The summed E-state index contributed by atoms with van der Waals surface area (Å²) in [6.07, 6.45) is 0.205. The van der Waals surface area contributed by atoms with Gasteiger partial charge in [-0.05, 0) is 41.9 Å². The van der Waals surface area contributed by atoms with E-state index in [1.165, 1.54) is 25.3 Å². The van der Waals surface area contributed by atoms with Crippen molar-refractivity contribution in [1.82, 2.24) is 9.88 Å². The first-order valence-corrected chi connectivity index (χ1v) is 10.8. The number of esters is 1. The van der Waals surface area contributed by atoms with E-state index in [0.717, 1.165) is 11.1 Å². The van der Waals surface area contributed by atoms with Crippen LogP contribution >= 0.6 is 11.8 Å². The van der Waals surface area contributed by atoms with Gasteiger partial charge in [0, 0.05) is 19.3 Å². The number of alkyl halides is 2. The van der Waals surface area contributed by atoms with Crippen molar-refractivity contribution in [1.29, 1.82) is 0 Å². The van der Waals surface area contributed by atoms with Crippen LogP contribution in [-0.2, 0) is 22.6 Å². The number of rotatable bonds is 9. The number of thioether (sulfide) groups is 1. The van der Waals surface area contributed by atoms with E-state index in [2.05, 4.69) is 4.98 Å². The molecule has 1 aromatic heterocycles. The molecule has 0 aliphatic rings. The van der Waals surface area contributed by atoms with Crippen LogP contribution in [-0.4, -0.2) is 33.6 Å². The van der Waals surface area contributed by atoms with Gasteiger partial charge in [0.15, 0.2) is 6.10 Å². The summed E-state index contributed by atoms with van der Waals surface area (Å²) in [5, 5.41) is -0.141. The molecule has 0 unspecified atom stereocenters. The zero-order valence-corrected chi connectivity index (χ0v) is 18.2. The Labute approximate surface area is 189 Å². The summed E-state index contributed by atoms with van der Waals surface area (Å²) in [7, 11) is 0. The van der Waals surface area contributed by atoms with E-state index in [1.807, 2.05) is 60.7 Å². The van der Waals surface area contributed by atoms with E-state index in [9.17, 15) is 18.4 Å². The monoisotopic (exact) mass is 456 g/mol. The molecule has 0 aliphatic heterocycles. The molecule has 3 aromatic rings. The van der Waals surface area contributed by atoms with Crippen LogP contribution in [0.5, 0.6) is 0 Å². The second kappa shape index (κ2) is 11.4. The largest absolute Gasteiger partial charge is 0.449 e. The Morgan fingerprint density at radius 3 is 2.03 bits per heavy atom. The fraction of sp³-hybridized carbons (Fsp3) is 0.208. The number of carbonyl (C=O) groups is 2. The predicted octanol–water partition coefficient (Wildman–Crippen LogP) is 5.17. The molecule has 0 bridgehead atoms. The molecule has 166 valence electrons. The second-order valence-corrected chi connectivity index (χ2v) is 7.93. The quantitative estimate of drug-likeness (QED) is 0.328. The normalized spacial score (nSPS) is 11.8. The zero-order valence-electron chi connectivity index (χ0n) is 17.4. The lowest BCUT2D eigenvalue weighted by Gasteiger charge is -2.26. The van der Waals surface area contributed by atoms with Gasteiger partial charge in [0.05, 0.1) is 5.56 Å². The molecule has 3 rings (SSSR count). The summed E-state index contributed by atoms with van der Waals surface area (Å²) >= 11 is 0.158. The Morgan fingerprint density at radius 1 is 0.938 bits per heavy atom. The summed E-state index contributed by atoms with van der Waals surface area (Å²) in [5.74, 6) is -4.00. The number of pyridine rings is 1. The van der Waals surface area contributed by atoms with E-state index in [-0.39, 0.29) is 22.4 Å². The number of carbonyl (C=O) groups excluding carboxylic acids is 2. The maximum atomic E-state index is 13.2. The number of halogens is 2. The highest BCUT2D eigenvalue weighted by molar-refractivity contribution is 7.99. The molecule has 1 atom stereocenters. The molecule has 0 N–H and O–H groups in total. The lowest BCUT2D eigenvalue weighted by atomic mass is 10.1. The Kier molecular flexibility index (Phi) is 8.33. The van der Waals surface area contributed by atoms with E-state index < -0.39 is 23.7 Å². The number of hydrogen-bond acceptors (Lipinski definition) is 5. The van der Waals surface area contributed by atoms with Gasteiger partial charge in [-0.3, -0.25) is 4.79 Å². The van der Waals surface area contributed by atoms with Crippen molar-refractivity contribution in [2.45, 2.75) is 36.9 Å². The van der Waals surface area contributed by atoms with Crippen molar-refractivity contribution >= 4 is 23.6 Å². The van der Waals surface area contributed by atoms with Crippen molar-refractivity contribution in [2.75, 3.05) is 0 Å². The minimum absolute atomic E-state index is 0.102. The first-order chi connectivity index (χ1) is 15.4. The minimum Gasteiger partial charge on any atom is -0.449 e. The average molecular weight is 457 g/mol. The Bertz CT molecular complexity index is 994. The highest BCUT2D eigenvalue weighted by Gasteiger charge is 2.26. The third-order valence-electron chi connectivity index (χ3n) is 4.57. The lowest BCUT2D eigenvalue weighted by molar-refractivity contribution is -0.141. The molecule has 5 nitrogen and oxygen atoms in total. The van der Waals surface area contributed by atoms with Gasteiger partial charge in [-0.25, -0.2) is 9.78 Å². The molecule has 8 heteroatoms. The molecule has 1 amide bonds. The number of aromatic nitrogens is 1. The van der Waals surface area contributed by atoms with Crippen molar-refractivity contribution in [3.8, 4) is 0 Å². The second-order valence-electron chi connectivity index (χ2n) is 6.95. The van der Waals surface area contributed by atoms with Crippen LogP contribution in [0, 0.1) is 0 Å². The summed E-state index contributed by atoms with van der Waals surface area (Å²) in [6.45, 7) is 2.13. The van der Waals surface area contributed by atoms with E-state index in [4.69, 9.17) is 4.74 Å². The van der Waals surface area contributed by atoms with Gasteiger partial charge in [-0.1, -0.05) is 60.7 Å². The number of benzene rings is 2. The summed E-state index contributed by atoms with van der Waals surface area (Å²) in [4.78, 5) is 31.2. The number of hydrogen-bond donors (Lipinski definition) is 0. The van der Waals surface area contributed by atoms with E-state index >= 15 is 0 Å². The molecule has 0 aliphatic carbocycles. The maximum absolute atomic E-state index is 13.2. The Balaban J connectivity index is 1.76. The van der Waals surface area contributed by atoms with Crippen molar-refractivity contribution < 1.29 is 23.1 Å². The van der Waals surface area contributed by atoms with E-state index in [0.29, 0.717) is 13.1 Å². The smallest absolute Gasteiger partial charge is 0.341 e. The van der Waals surface area contributed by atoms with Crippen LogP contribution in [0.3, 0.4) is 0 Å². The molecule has 0 saturated heterocycles. The predicted molar refractivity (Wildman–Crippen MR) is 118 cm³/mol. The summed E-state index contributed by atoms with van der Waals surface area (Å²) in [6, 6.07) is 21.7. The number of ether oxygens (including phenoxy) is 1. The summed E-state index contributed by atoms with van der Waals surface area (Å²) in [5.41, 5.74) is 1.76. The SMILES string of the molecule is C[C@H](OC(=O)c1cccnc1SC(F)F)C(=O)N(Cc1ccccc1)Cc1ccccc1. The average Bonchev–Trinajstić information content (AvgIpc) is 2.79. The molecule has 32 heavy (non-hydrogen) atoms. The summed E-state index contributed by atoms with van der Waals surface area (Å²) < 4.78 is 30.9. The van der Waals surface area contributed by atoms with Gasteiger partial charge in [-0.2, -0.15) is 8.78 Å². The van der Waals surface area contributed by atoms with E-state index in [1.54, 1.807) is 4.90 Å². The van der Waals surface area contributed by atoms with Gasteiger partial charge >= 0.3 is 5.97 Å².